The highest BCUT2D eigenvalue weighted by Gasteiger charge is 2.34. The summed E-state index contributed by atoms with van der Waals surface area (Å²) >= 11 is 0. The molecule has 116 valence electrons. The molecule has 4 heteroatoms. The van der Waals surface area contributed by atoms with Crippen LogP contribution in [0.15, 0.2) is 0 Å². The van der Waals surface area contributed by atoms with E-state index in [-0.39, 0.29) is 11.9 Å². The molecule has 1 heterocycles. The molecule has 3 atom stereocenters. The quantitative estimate of drug-likeness (QED) is 0.704. The maximum Gasteiger partial charge on any atom is 0.237 e. The topological polar surface area (TPSA) is 50.4 Å². The molecule has 2 N–H and O–H groups in total. The van der Waals surface area contributed by atoms with Gasteiger partial charge in [-0.2, -0.15) is 0 Å². The molecule has 2 fully saturated rings. The van der Waals surface area contributed by atoms with Gasteiger partial charge in [0.15, 0.2) is 0 Å². The molecule has 4 nitrogen and oxygen atoms in total. The van der Waals surface area contributed by atoms with Crippen LogP contribution in [-0.2, 0) is 9.53 Å². The fourth-order valence-corrected chi connectivity index (χ4v) is 3.42. The molecule has 0 spiro atoms. The van der Waals surface area contributed by atoms with Gasteiger partial charge in [0.05, 0.1) is 12.6 Å². The monoisotopic (exact) mass is 282 g/mol. The average molecular weight is 282 g/mol. The Hall–Kier alpha value is -0.610. The lowest BCUT2D eigenvalue weighted by Crippen LogP contribution is -2.55. The SMILES string of the molecule is CCCCOCCNC(=O)C1CCC2CCCCC2N1. The lowest BCUT2D eigenvalue weighted by Gasteiger charge is -2.39. The Bertz CT molecular complexity index is 296. The Kier molecular flexibility index (Phi) is 6.80. The first-order chi connectivity index (χ1) is 9.81. The van der Waals surface area contributed by atoms with Crippen molar-refractivity contribution < 1.29 is 9.53 Å². The number of hydrogen-bond acceptors (Lipinski definition) is 3. The fraction of sp³-hybridized carbons (Fsp3) is 0.938. The number of hydrogen-bond donors (Lipinski definition) is 2. The van der Waals surface area contributed by atoms with Crippen LogP contribution in [0.25, 0.3) is 0 Å². The number of nitrogens with one attached hydrogen (secondary N) is 2. The maximum absolute atomic E-state index is 12.1. The van der Waals surface area contributed by atoms with E-state index >= 15 is 0 Å². The third kappa shape index (κ3) is 4.74. The van der Waals surface area contributed by atoms with Crippen molar-refractivity contribution in [3.63, 3.8) is 0 Å². The largest absolute Gasteiger partial charge is 0.380 e. The molecule has 0 radical (unpaired) electrons. The lowest BCUT2D eigenvalue weighted by molar-refractivity contribution is -0.124. The maximum atomic E-state index is 12.1. The molecule has 0 aromatic rings. The standard InChI is InChI=1S/C16H30N2O2/c1-2-3-11-20-12-10-17-16(19)15-9-8-13-6-4-5-7-14(13)18-15/h13-15,18H,2-12H2,1H3,(H,17,19). The van der Waals surface area contributed by atoms with Gasteiger partial charge < -0.3 is 15.4 Å². The second-order valence-corrected chi connectivity index (χ2v) is 6.20. The molecule has 20 heavy (non-hydrogen) atoms. The molecule has 0 bridgehead atoms. The van der Waals surface area contributed by atoms with Gasteiger partial charge in [-0.1, -0.05) is 26.2 Å². The Morgan fingerprint density at radius 1 is 1.20 bits per heavy atom. The summed E-state index contributed by atoms with van der Waals surface area (Å²) < 4.78 is 5.46. The Labute approximate surface area is 123 Å². The minimum Gasteiger partial charge on any atom is -0.380 e. The molecular formula is C16H30N2O2. The van der Waals surface area contributed by atoms with Gasteiger partial charge in [0.2, 0.25) is 5.91 Å². The van der Waals surface area contributed by atoms with Crippen LogP contribution in [0.5, 0.6) is 0 Å². The molecule has 1 saturated carbocycles. The highest BCUT2D eigenvalue weighted by molar-refractivity contribution is 5.81. The smallest absolute Gasteiger partial charge is 0.237 e. The van der Waals surface area contributed by atoms with Gasteiger partial charge in [-0.15, -0.1) is 0 Å². The number of unbranched alkanes of at least 4 members (excludes halogenated alkanes) is 1. The first kappa shape index (κ1) is 15.8. The molecule has 1 aliphatic carbocycles. The van der Waals surface area contributed by atoms with Crippen molar-refractivity contribution in [1.29, 1.82) is 0 Å². The van der Waals surface area contributed by atoms with Crippen molar-refractivity contribution >= 4 is 5.91 Å². The normalized spacial score (nSPS) is 29.8. The first-order valence-corrected chi connectivity index (χ1v) is 8.42. The van der Waals surface area contributed by atoms with E-state index in [1.807, 2.05) is 0 Å². The van der Waals surface area contributed by atoms with Crippen LogP contribution < -0.4 is 10.6 Å². The average Bonchev–Trinajstić information content (AvgIpc) is 2.50. The van der Waals surface area contributed by atoms with Gasteiger partial charge in [-0.05, 0) is 38.0 Å². The predicted molar refractivity (Wildman–Crippen MR) is 80.6 cm³/mol. The number of amides is 1. The zero-order valence-electron chi connectivity index (χ0n) is 12.8. The number of piperidine rings is 1. The zero-order chi connectivity index (χ0) is 14.2. The highest BCUT2D eigenvalue weighted by Crippen LogP contribution is 2.32. The van der Waals surface area contributed by atoms with Crippen molar-refractivity contribution in [2.45, 2.75) is 70.4 Å². The van der Waals surface area contributed by atoms with E-state index < -0.39 is 0 Å². The van der Waals surface area contributed by atoms with Gasteiger partial charge in [0.1, 0.15) is 0 Å². The summed E-state index contributed by atoms with van der Waals surface area (Å²) in [4.78, 5) is 12.1. The summed E-state index contributed by atoms with van der Waals surface area (Å²) in [5.41, 5.74) is 0. The van der Waals surface area contributed by atoms with Crippen LogP contribution >= 0.6 is 0 Å². The van der Waals surface area contributed by atoms with E-state index in [4.69, 9.17) is 4.74 Å². The van der Waals surface area contributed by atoms with Crippen LogP contribution in [0.3, 0.4) is 0 Å². The van der Waals surface area contributed by atoms with Crippen molar-refractivity contribution in [1.82, 2.24) is 10.6 Å². The van der Waals surface area contributed by atoms with Gasteiger partial charge in [-0.3, -0.25) is 4.79 Å². The third-order valence-corrected chi connectivity index (χ3v) is 4.65. The van der Waals surface area contributed by atoms with E-state index in [9.17, 15) is 4.79 Å². The minimum absolute atomic E-state index is 0.0185. The number of carbonyl (C=O) groups is 1. The number of ether oxygens (including phenoxy) is 1. The van der Waals surface area contributed by atoms with E-state index in [0.717, 1.165) is 31.8 Å². The van der Waals surface area contributed by atoms with E-state index in [1.54, 1.807) is 0 Å². The summed E-state index contributed by atoms with van der Waals surface area (Å²) in [5, 5.41) is 6.56. The zero-order valence-corrected chi connectivity index (χ0v) is 12.8. The molecule has 2 rings (SSSR count). The fourth-order valence-electron chi connectivity index (χ4n) is 3.42. The van der Waals surface area contributed by atoms with Crippen LogP contribution in [-0.4, -0.2) is 37.7 Å². The summed E-state index contributed by atoms with van der Waals surface area (Å²) in [6.07, 6.45) is 9.73. The van der Waals surface area contributed by atoms with Crippen LogP contribution in [0.4, 0.5) is 0 Å². The Morgan fingerprint density at radius 3 is 2.90 bits per heavy atom. The van der Waals surface area contributed by atoms with Gasteiger partial charge in [0, 0.05) is 19.2 Å². The van der Waals surface area contributed by atoms with Crippen molar-refractivity contribution in [3.05, 3.63) is 0 Å². The number of rotatable bonds is 7. The van der Waals surface area contributed by atoms with Gasteiger partial charge in [0.25, 0.3) is 0 Å². The van der Waals surface area contributed by atoms with Crippen molar-refractivity contribution in [3.8, 4) is 0 Å². The Balaban J connectivity index is 1.60. The second-order valence-electron chi connectivity index (χ2n) is 6.20. The first-order valence-electron chi connectivity index (χ1n) is 8.42. The molecule has 3 unspecified atom stereocenters. The van der Waals surface area contributed by atoms with E-state index in [2.05, 4.69) is 17.6 Å². The number of fused-ring (bicyclic) bond motifs is 1. The molecule has 1 amide bonds. The molecule has 1 saturated heterocycles. The second kappa shape index (κ2) is 8.63. The molecule has 0 aromatic heterocycles. The van der Waals surface area contributed by atoms with Crippen molar-refractivity contribution in [2.24, 2.45) is 5.92 Å². The van der Waals surface area contributed by atoms with Crippen LogP contribution in [0.2, 0.25) is 0 Å². The molecule has 2 aliphatic rings. The van der Waals surface area contributed by atoms with E-state index in [0.29, 0.717) is 19.2 Å². The van der Waals surface area contributed by atoms with Gasteiger partial charge >= 0.3 is 0 Å². The van der Waals surface area contributed by atoms with Crippen molar-refractivity contribution in [2.75, 3.05) is 19.8 Å². The Morgan fingerprint density at radius 2 is 2.05 bits per heavy atom. The van der Waals surface area contributed by atoms with Crippen LogP contribution in [0, 0.1) is 5.92 Å². The number of carbonyl (C=O) groups excluding carboxylic acids is 1. The molecule has 0 aromatic carbocycles. The molecule has 1 aliphatic heterocycles. The molecular weight excluding hydrogens is 252 g/mol. The predicted octanol–water partition coefficient (Wildman–Crippen LogP) is 2.23. The summed E-state index contributed by atoms with van der Waals surface area (Å²) in [6.45, 7) is 4.22. The summed E-state index contributed by atoms with van der Waals surface area (Å²) in [6, 6.07) is 0.596. The van der Waals surface area contributed by atoms with Crippen LogP contribution in [0.1, 0.15) is 58.3 Å². The lowest BCUT2D eigenvalue weighted by atomic mass is 9.77. The minimum atomic E-state index is 0.0185. The van der Waals surface area contributed by atoms with E-state index in [1.165, 1.54) is 32.1 Å². The highest BCUT2D eigenvalue weighted by atomic mass is 16.5. The summed E-state index contributed by atoms with van der Waals surface area (Å²) in [5.74, 6) is 0.971. The third-order valence-electron chi connectivity index (χ3n) is 4.65. The summed E-state index contributed by atoms with van der Waals surface area (Å²) in [7, 11) is 0. The van der Waals surface area contributed by atoms with Gasteiger partial charge in [-0.25, -0.2) is 0 Å².